The average molecular weight is 497 g/mol. The molecule has 2 N–H and O–H groups in total. The lowest BCUT2D eigenvalue weighted by atomic mass is 10.0. The van der Waals surface area contributed by atoms with Gasteiger partial charge in [0.05, 0.1) is 11.3 Å². The fourth-order valence-electron chi connectivity index (χ4n) is 3.65. The number of anilines is 1. The van der Waals surface area contributed by atoms with Crippen molar-refractivity contribution >= 4 is 33.7 Å². The summed E-state index contributed by atoms with van der Waals surface area (Å²) in [5.74, 6) is -1.76. The smallest absolute Gasteiger partial charge is 0.201 e. The molecule has 1 unspecified atom stereocenters. The van der Waals surface area contributed by atoms with Gasteiger partial charge in [-0.1, -0.05) is 6.92 Å². The van der Waals surface area contributed by atoms with Crippen molar-refractivity contribution in [2.24, 2.45) is 0 Å². The van der Waals surface area contributed by atoms with Crippen molar-refractivity contribution in [1.29, 1.82) is 0 Å². The third kappa shape index (κ3) is 4.44. The molecule has 4 aromatic rings. The van der Waals surface area contributed by atoms with Crippen LogP contribution >= 0.6 is 0 Å². The first-order valence-electron chi connectivity index (χ1n) is 11.1. The highest BCUT2D eigenvalue weighted by Gasteiger charge is 2.27. The average Bonchev–Trinajstić information content (AvgIpc) is 3.64. The molecule has 0 saturated heterocycles. The van der Waals surface area contributed by atoms with E-state index in [0.29, 0.717) is 29.1 Å². The first-order valence-corrected chi connectivity index (χ1v) is 12.2. The van der Waals surface area contributed by atoms with Crippen LogP contribution in [-0.2, 0) is 11.2 Å². The highest BCUT2D eigenvalue weighted by atomic mass is 32.2. The lowest BCUT2D eigenvalue weighted by Crippen LogP contribution is -2.26. The zero-order chi connectivity index (χ0) is 24.7. The highest BCUT2D eigenvalue weighted by molar-refractivity contribution is 7.84. The molecule has 35 heavy (non-hydrogen) atoms. The molecule has 1 aliphatic rings. The number of nitrogens with zero attached hydrogens (tertiary/aromatic N) is 4. The number of fused-ring (bicyclic) bond motifs is 1. The van der Waals surface area contributed by atoms with E-state index in [1.807, 2.05) is 0 Å². The van der Waals surface area contributed by atoms with E-state index >= 15 is 4.39 Å². The fraction of sp³-hybridized carbons (Fsp3) is 0.250. The second-order valence-electron chi connectivity index (χ2n) is 8.34. The lowest BCUT2D eigenvalue weighted by molar-refractivity contribution is 0.103. The molecule has 0 spiro atoms. The van der Waals surface area contributed by atoms with Gasteiger partial charge in [0.1, 0.15) is 17.3 Å². The first kappa shape index (κ1) is 23.2. The number of aromatic amines is 1. The Balaban J connectivity index is 1.50. The Morgan fingerprint density at radius 1 is 1.17 bits per heavy atom. The van der Waals surface area contributed by atoms with Gasteiger partial charge in [-0.3, -0.25) is 9.52 Å². The molecule has 1 aliphatic carbocycles. The van der Waals surface area contributed by atoms with Crippen LogP contribution in [0.4, 0.5) is 14.5 Å². The molecule has 3 heterocycles. The molecule has 3 aromatic heterocycles. The number of benzene rings is 1. The monoisotopic (exact) mass is 496 g/mol. The van der Waals surface area contributed by atoms with Crippen LogP contribution < -0.4 is 4.72 Å². The summed E-state index contributed by atoms with van der Waals surface area (Å²) >= 11 is -1.76. The Bertz CT molecular complexity index is 1450. The third-order valence-electron chi connectivity index (χ3n) is 5.97. The Hall–Kier alpha value is -3.57. The minimum absolute atomic E-state index is 0.0617. The molecule has 180 valence electrons. The number of rotatable bonds is 8. The van der Waals surface area contributed by atoms with Crippen LogP contribution in [0.25, 0.3) is 22.2 Å². The van der Waals surface area contributed by atoms with Crippen molar-refractivity contribution in [1.82, 2.24) is 24.2 Å². The number of carbonyl (C=O) groups is 1. The van der Waals surface area contributed by atoms with Crippen molar-refractivity contribution in [2.45, 2.75) is 25.7 Å². The largest absolute Gasteiger partial charge is 0.345 e. The summed E-state index contributed by atoms with van der Waals surface area (Å²) in [6.45, 7) is 2.22. The number of pyridine rings is 1. The maximum Gasteiger partial charge on any atom is 0.201 e. The summed E-state index contributed by atoms with van der Waals surface area (Å²) in [6.07, 6.45) is 8.60. The van der Waals surface area contributed by atoms with E-state index < -0.39 is 34.2 Å². The van der Waals surface area contributed by atoms with Crippen molar-refractivity contribution in [3.05, 3.63) is 71.6 Å². The van der Waals surface area contributed by atoms with Crippen molar-refractivity contribution in [3.63, 3.8) is 0 Å². The summed E-state index contributed by atoms with van der Waals surface area (Å²) < 4.78 is 46.1. The zero-order valence-corrected chi connectivity index (χ0v) is 19.8. The molecule has 1 saturated carbocycles. The molecule has 8 nitrogen and oxygen atoms in total. The van der Waals surface area contributed by atoms with Crippen molar-refractivity contribution in [2.75, 3.05) is 18.3 Å². The zero-order valence-electron chi connectivity index (χ0n) is 19.0. The number of aromatic nitrogens is 4. The van der Waals surface area contributed by atoms with Crippen LogP contribution in [0.5, 0.6) is 0 Å². The van der Waals surface area contributed by atoms with Crippen LogP contribution in [-0.4, -0.2) is 47.8 Å². The second-order valence-corrected chi connectivity index (χ2v) is 9.66. The van der Waals surface area contributed by atoms with Crippen LogP contribution in [0.3, 0.4) is 0 Å². The van der Waals surface area contributed by atoms with Crippen molar-refractivity contribution < 1.29 is 17.8 Å². The lowest BCUT2D eigenvalue weighted by Gasteiger charge is -2.16. The topological polar surface area (TPSA) is 104 Å². The molecule has 0 radical (unpaired) electrons. The molecule has 11 heteroatoms. The first-order chi connectivity index (χ1) is 16.9. The Morgan fingerprint density at radius 3 is 2.57 bits per heavy atom. The highest BCUT2D eigenvalue weighted by Crippen LogP contribution is 2.38. The molecular formula is C24H22F2N6O2S. The summed E-state index contributed by atoms with van der Waals surface area (Å²) in [5.41, 5.74) is 0.867. The van der Waals surface area contributed by atoms with Crippen LogP contribution in [0, 0.1) is 11.6 Å². The van der Waals surface area contributed by atoms with Gasteiger partial charge >= 0.3 is 0 Å². The normalized spacial score (nSPS) is 14.4. The van der Waals surface area contributed by atoms with Gasteiger partial charge in [-0.2, -0.15) is 0 Å². The molecule has 0 aliphatic heterocycles. The van der Waals surface area contributed by atoms with E-state index in [-0.39, 0.29) is 11.3 Å². The van der Waals surface area contributed by atoms with Gasteiger partial charge < -0.3 is 4.98 Å². The van der Waals surface area contributed by atoms with Gasteiger partial charge in [0.15, 0.2) is 17.0 Å². The van der Waals surface area contributed by atoms with E-state index in [1.54, 1.807) is 38.6 Å². The molecule has 5 rings (SSSR count). The van der Waals surface area contributed by atoms with Crippen LogP contribution in [0.15, 0.2) is 43.0 Å². The minimum Gasteiger partial charge on any atom is -0.345 e. The van der Waals surface area contributed by atoms with Crippen molar-refractivity contribution in [3.8, 4) is 11.1 Å². The maximum atomic E-state index is 15.2. The molecule has 1 fully saturated rings. The van der Waals surface area contributed by atoms with Gasteiger partial charge in [-0.15, -0.1) is 0 Å². The van der Waals surface area contributed by atoms with E-state index in [4.69, 9.17) is 0 Å². The maximum absolute atomic E-state index is 15.2. The number of hydrogen-bond donors (Lipinski definition) is 2. The van der Waals surface area contributed by atoms with Gasteiger partial charge in [0, 0.05) is 66.4 Å². The second kappa shape index (κ2) is 9.23. The standard InChI is InChI=1S/C24H22F2N6O2S/c1-3-32(2)35(34)31-19-7-6-18(25)20(21(19)26)22(33)17-12-30-24-16(17)8-14(9-29-24)15-10-27-23(28-11-15)13-4-5-13/h6-13,31H,3-5H2,1-2H3,(H,29,30). The van der Waals surface area contributed by atoms with Gasteiger partial charge in [-0.25, -0.2) is 32.2 Å². The van der Waals surface area contributed by atoms with E-state index in [2.05, 4.69) is 24.7 Å². The molecule has 1 aromatic carbocycles. The summed E-state index contributed by atoms with van der Waals surface area (Å²) in [7, 11) is 1.58. The minimum atomic E-state index is -1.76. The van der Waals surface area contributed by atoms with Crippen LogP contribution in [0.2, 0.25) is 0 Å². The van der Waals surface area contributed by atoms with E-state index in [9.17, 15) is 13.4 Å². The number of halogens is 2. The predicted octanol–water partition coefficient (Wildman–Crippen LogP) is 4.35. The van der Waals surface area contributed by atoms with Gasteiger partial charge in [0.25, 0.3) is 0 Å². The number of H-pyrrole nitrogens is 1. The number of nitrogens with one attached hydrogen (secondary N) is 2. The number of hydrogen-bond acceptors (Lipinski definition) is 5. The van der Waals surface area contributed by atoms with E-state index in [0.717, 1.165) is 36.4 Å². The number of carbonyl (C=O) groups excluding carboxylic acids is 1. The quantitative estimate of drug-likeness (QED) is 0.353. The number of ketones is 1. The fourth-order valence-corrected chi connectivity index (χ4v) is 4.39. The molecular weight excluding hydrogens is 474 g/mol. The van der Waals surface area contributed by atoms with Gasteiger partial charge in [-0.05, 0) is 31.0 Å². The SMILES string of the molecule is CCN(C)S(=O)Nc1ccc(F)c(C(=O)c2c[nH]c3ncc(-c4cnc(C5CC5)nc4)cc23)c1F. The van der Waals surface area contributed by atoms with E-state index in [1.165, 1.54) is 10.5 Å². The third-order valence-corrected chi connectivity index (χ3v) is 7.19. The summed E-state index contributed by atoms with van der Waals surface area (Å²) in [6, 6.07) is 3.80. The summed E-state index contributed by atoms with van der Waals surface area (Å²) in [4.78, 5) is 29.4. The predicted molar refractivity (Wildman–Crippen MR) is 129 cm³/mol. The molecule has 0 bridgehead atoms. The molecule has 0 amide bonds. The molecule has 1 atom stereocenters. The summed E-state index contributed by atoms with van der Waals surface area (Å²) in [5, 5.41) is 0.408. The Labute approximate surface area is 202 Å². The Morgan fingerprint density at radius 2 is 1.89 bits per heavy atom. The Kier molecular flexibility index (Phi) is 6.12. The van der Waals surface area contributed by atoms with Gasteiger partial charge in [0.2, 0.25) is 5.78 Å². The van der Waals surface area contributed by atoms with Crippen LogP contribution in [0.1, 0.15) is 47.4 Å².